The Hall–Kier alpha value is -0.910. The van der Waals surface area contributed by atoms with Gasteiger partial charge in [0.2, 0.25) is 0 Å². The summed E-state index contributed by atoms with van der Waals surface area (Å²) in [5.74, 6) is 1.66. The molecule has 0 bridgehead atoms. The molecular formula is C19H34IN5O3. The number of aromatic nitrogens is 1. The van der Waals surface area contributed by atoms with Crippen molar-refractivity contribution >= 4 is 29.9 Å². The van der Waals surface area contributed by atoms with Crippen molar-refractivity contribution in [1.29, 1.82) is 0 Å². The summed E-state index contributed by atoms with van der Waals surface area (Å²) in [4.78, 5) is 9.15. The first-order valence-electron chi connectivity index (χ1n) is 10.1. The van der Waals surface area contributed by atoms with Gasteiger partial charge >= 0.3 is 0 Å². The summed E-state index contributed by atoms with van der Waals surface area (Å²) in [6.07, 6.45) is 4.89. The zero-order valence-corrected chi connectivity index (χ0v) is 19.2. The van der Waals surface area contributed by atoms with Crippen LogP contribution in [0, 0.1) is 5.92 Å². The van der Waals surface area contributed by atoms with Gasteiger partial charge in [0, 0.05) is 78.8 Å². The van der Waals surface area contributed by atoms with Crippen molar-refractivity contribution in [3.63, 3.8) is 0 Å². The number of rotatable bonds is 8. The van der Waals surface area contributed by atoms with Crippen LogP contribution in [-0.4, -0.2) is 87.1 Å². The fraction of sp³-hybridized carbons (Fsp3) is 0.789. The number of guanidine groups is 1. The van der Waals surface area contributed by atoms with Crippen molar-refractivity contribution < 1.29 is 14.0 Å². The molecule has 0 amide bonds. The van der Waals surface area contributed by atoms with Crippen LogP contribution in [0.5, 0.6) is 0 Å². The van der Waals surface area contributed by atoms with E-state index in [9.17, 15) is 0 Å². The summed E-state index contributed by atoms with van der Waals surface area (Å²) in [7, 11) is 1.85. The van der Waals surface area contributed by atoms with Crippen LogP contribution in [-0.2, 0) is 16.0 Å². The molecule has 2 saturated heterocycles. The Balaban J connectivity index is 0.00000280. The number of hydrogen-bond acceptors (Lipinski definition) is 6. The van der Waals surface area contributed by atoms with E-state index in [1.165, 1.54) is 0 Å². The molecule has 0 atom stereocenters. The van der Waals surface area contributed by atoms with E-state index in [0.29, 0.717) is 5.92 Å². The largest absolute Gasteiger partial charge is 0.381 e. The molecule has 0 radical (unpaired) electrons. The lowest BCUT2D eigenvalue weighted by Gasteiger charge is -2.36. The lowest BCUT2D eigenvalue weighted by Crippen LogP contribution is -2.52. The van der Waals surface area contributed by atoms with Crippen LogP contribution < -0.4 is 5.32 Å². The van der Waals surface area contributed by atoms with E-state index in [1.54, 1.807) is 6.26 Å². The summed E-state index contributed by atoms with van der Waals surface area (Å²) in [5.41, 5.74) is 0.992. The number of ether oxygens (including phenoxy) is 2. The maximum absolute atomic E-state index is 5.83. The minimum Gasteiger partial charge on any atom is -0.381 e. The topological polar surface area (TPSA) is 75.4 Å². The summed E-state index contributed by atoms with van der Waals surface area (Å²) < 4.78 is 16.1. The molecule has 3 heterocycles. The number of nitrogens with one attached hydrogen (secondary N) is 1. The molecule has 0 spiro atoms. The Morgan fingerprint density at radius 1 is 1.29 bits per heavy atom. The lowest BCUT2D eigenvalue weighted by molar-refractivity contribution is 0.0203. The molecule has 1 aromatic rings. The fourth-order valence-corrected chi connectivity index (χ4v) is 3.54. The monoisotopic (exact) mass is 507 g/mol. The molecule has 0 aliphatic carbocycles. The maximum atomic E-state index is 5.83. The lowest BCUT2D eigenvalue weighted by atomic mass is 10.0. The van der Waals surface area contributed by atoms with Crippen LogP contribution in [0.15, 0.2) is 21.8 Å². The van der Waals surface area contributed by atoms with Gasteiger partial charge in [0.25, 0.3) is 0 Å². The predicted octanol–water partition coefficient (Wildman–Crippen LogP) is 1.82. The molecule has 0 unspecified atom stereocenters. The second-order valence-corrected chi connectivity index (χ2v) is 7.21. The van der Waals surface area contributed by atoms with E-state index in [2.05, 4.69) is 25.3 Å². The molecule has 160 valence electrons. The zero-order valence-electron chi connectivity index (χ0n) is 16.8. The highest BCUT2D eigenvalue weighted by molar-refractivity contribution is 14.0. The maximum Gasteiger partial charge on any atom is 0.193 e. The Labute approximate surface area is 185 Å². The third-order valence-electron chi connectivity index (χ3n) is 5.20. The van der Waals surface area contributed by atoms with Gasteiger partial charge in [-0.05, 0) is 25.2 Å². The van der Waals surface area contributed by atoms with Gasteiger partial charge < -0.3 is 24.2 Å². The number of aliphatic imine (C=N–C) groups is 1. The highest BCUT2D eigenvalue weighted by Crippen LogP contribution is 2.14. The highest BCUT2D eigenvalue weighted by atomic mass is 127. The average molecular weight is 507 g/mol. The molecule has 1 aromatic heterocycles. The van der Waals surface area contributed by atoms with Gasteiger partial charge in [-0.2, -0.15) is 0 Å². The standard InChI is InChI=1S/C19H33N5O3.HI/c1-20-19(21-6-2-11-26-16-17-3-12-25-13-4-17)24-9-7-23(8-10-24)15-18-5-14-27-22-18;/h5,14,17H,2-4,6-13,15-16H2,1H3,(H,20,21);1H. The predicted molar refractivity (Wildman–Crippen MR) is 119 cm³/mol. The van der Waals surface area contributed by atoms with Gasteiger partial charge in [0.05, 0.1) is 5.69 Å². The fourth-order valence-electron chi connectivity index (χ4n) is 3.54. The van der Waals surface area contributed by atoms with Gasteiger partial charge in [-0.25, -0.2) is 0 Å². The van der Waals surface area contributed by atoms with Crippen molar-refractivity contribution in [3.8, 4) is 0 Å². The minimum absolute atomic E-state index is 0. The minimum atomic E-state index is 0. The van der Waals surface area contributed by atoms with Crippen molar-refractivity contribution in [2.24, 2.45) is 10.9 Å². The molecule has 2 aliphatic rings. The Morgan fingerprint density at radius 2 is 2.07 bits per heavy atom. The Kier molecular flexibility index (Phi) is 11.1. The molecule has 9 heteroatoms. The molecule has 0 aromatic carbocycles. The van der Waals surface area contributed by atoms with E-state index in [0.717, 1.165) is 96.6 Å². The first-order valence-corrected chi connectivity index (χ1v) is 10.1. The van der Waals surface area contributed by atoms with Gasteiger partial charge in [-0.1, -0.05) is 5.16 Å². The number of hydrogen-bond donors (Lipinski definition) is 1. The molecule has 28 heavy (non-hydrogen) atoms. The van der Waals surface area contributed by atoms with E-state index >= 15 is 0 Å². The van der Waals surface area contributed by atoms with Gasteiger partial charge in [0.1, 0.15) is 6.26 Å². The van der Waals surface area contributed by atoms with Crippen molar-refractivity contribution in [2.75, 3.05) is 66.2 Å². The Bertz CT molecular complexity index is 544. The third kappa shape index (κ3) is 7.84. The number of piperazine rings is 1. The Morgan fingerprint density at radius 3 is 2.75 bits per heavy atom. The second kappa shape index (κ2) is 13.3. The van der Waals surface area contributed by atoms with Crippen molar-refractivity contribution in [1.82, 2.24) is 20.3 Å². The van der Waals surface area contributed by atoms with E-state index in [1.807, 2.05) is 13.1 Å². The SMILES string of the molecule is CN=C(NCCCOCC1CCOCC1)N1CCN(Cc2ccon2)CC1.I. The number of halogens is 1. The quantitative estimate of drug-likeness (QED) is 0.249. The van der Waals surface area contributed by atoms with Gasteiger partial charge in [0.15, 0.2) is 5.96 Å². The van der Waals surface area contributed by atoms with Crippen LogP contribution in [0.4, 0.5) is 0 Å². The summed E-state index contributed by atoms with van der Waals surface area (Å²) in [5, 5.41) is 7.46. The molecule has 2 aliphatic heterocycles. The van der Waals surface area contributed by atoms with Crippen molar-refractivity contribution in [2.45, 2.75) is 25.8 Å². The average Bonchev–Trinajstić information content (AvgIpc) is 3.22. The molecular weight excluding hydrogens is 473 g/mol. The van der Waals surface area contributed by atoms with Gasteiger partial charge in [-0.15, -0.1) is 24.0 Å². The molecule has 2 fully saturated rings. The van der Waals surface area contributed by atoms with E-state index < -0.39 is 0 Å². The first-order chi connectivity index (χ1) is 13.3. The van der Waals surface area contributed by atoms with Crippen LogP contribution in [0.25, 0.3) is 0 Å². The van der Waals surface area contributed by atoms with E-state index in [-0.39, 0.29) is 24.0 Å². The normalized spacial score (nSPS) is 19.5. The molecule has 0 saturated carbocycles. The number of nitrogens with zero attached hydrogens (tertiary/aromatic N) is 4. The molecule has 3 rings (SSSR count). The van der Waals surface area contributed by atoms with Crippen LogP contribution in [0.2, 0.25) is 0 Å². The summed E-state index contributed by atoms with van der Waals surface area (Å²) in [6.45, 7) is 9.12. The third-order valence-corrected chi connectivity index (χ3v) is 5.20. The van der Waals surface area contributed by atoms with Crippen LogP contribution in [0.3, 0.4) is 0 Å². The zero-order chi connectivity index (χ0) is 18.7. The summed E-state index contributed by atoms with van der Waals surface area (Å²) in [6, 6.07) is 1.93. The highest BCUT2D eigenvalue weighted by Gasteiger charge is 2.20. The smallest absolute Gasteiger partial charge is 0.193 e. The molecule has 1 N–H and O–H groups in total. The second-order valence-electron chi connectivity index (χ2n) is 7.21. The van der Waals surface area contributed by atoms with Gasteiger partial charge in [-0.3, -0.25) is 9.89 Å². The first kappa shape index (κ1) is 23.4. The summed E-state index contributed by atoms with van der Waals surface area (Å²) >= 11 is 0. The van der Waals surface area contributed by atoms with Crippen LogP contribution >= 0.6 is 24.0 Å². The molecule has 8 nitrogen and oxygen atoms in total. The van der Waals surface area contributed by atoms with Crippen LogP contribution in [0.1, 0.15) is 25.0 Å². The van der Waals surface area contributed by atoms with E-state index in [4.69, 9.17) is 14.0 Å². The van der Waals surface area contributed by atoms with Crippen molar-refractivity contribution in [3.05, 3.63) is 18.0 Å².